The minimum Gasteiger partial charge on any atom is -0.272 e. The molecule has 0 atom stereocenters. The lowest BCUT2D eigenvalue weighted by molar-refractivity contribution is 0.0961. The number of carbonyl (C=O) groups is 1. The molecule has 4 aromatic carbocycles. The Kier molecular flexibility index (Phi) is 2.36. The Morgan fingerprint density at radius 2 is 1.52 bits per heavy atom. The van der Waals surface area contributed by atoms with Crippen LogP contribution in [0.4, 0.5) is 0 Å². The molecule has 0 amide bonds. The molecule has 3 heteroatoms. The van der Waals surface area contributed by atoms with Gasteiger partial charge in [0.15, 0.2) is 0 Å². The highest BCUT2D eigenvalue weighted by molar-refractivity contribution is 6.26. The quantitative estimate of drug-likeness (QED) is 0.428. The van der Waals surface area contributed by atoms with E-state index in [4.69, 9.17) is 0 Å². The van der Waals surface area contributed by atoms with Gasteiger partial charge in [-0.1, -0.05) is 48.5 Å². The van der Waals surface area contributed by atoms with Gasteiger partial charge in [-0.15, -0.1) is 0 Å². The van der Waals surface area contributed by atoms with Crippen molar-refractivity contribution in [3.63, 3.8) is 0 Å². The van der Waals surface area contributed by atoms with Crippen LogP contribution >= 0.6 is 0 Å². The van der Waals surface area contributed by atoms with Crippen LogP contribution in [-0.2, 0) is 0 Å². The van der Waals surface area contributed by atoms with Gasteiger partial charge in [0.2, 0.25) is 0 Å². The Morgan fingerprint density at radius 1 is 0.826 bits per heavy atom. The number of benzene rings is 4. The first-order chi connectivity index (χ1) is 11.3. The first-order valence-electron chi connectivity index (χ1n) is 7.52. The summed E-state index contributed by atoms with van der Waals surface area (Å²) < 4.78 is 1.52. The number of nitrogens with zero attached hydrogens (tertiary/aromatic N) is 2. The zero-order valence-corrected chi connectivity index (χ0v) is 12.2. The van der Waals surface area contributed by atoms with Gasteiger partial charge >= 0.3 is 0 Å². The third-order valence-electron chi connectivity index (χ3n) is 4.50. The molecule has 0 aliphatic heterocycles. The molecule has 0 N–H and O–H groups in total. The van der Waals surface area contributed by atoms with Crippen LogP contribution in [0.5, 0.6) is 0 Å². The molecule has 0 radical (unpaired) electrons. The highest BCUT2D eigenvalue weighted by Crippen LogP contribution is 2.36. The Labute approximate surface area is 132 Å². The fourth-order valence-electron chi connectivity index (χ4n) is 3.44. The van der Waals surface area contributed by atoms with Crippen molar-refractivity contribution in [2.75, 3.05) is 0 Å². The topological polar surface area (TPSA) is 34.9 Å². The Balaban J connectivity index is 1.93. The standard InChI is InChI=1S/C20H12N2O/c23-20(22-11-10-21-12-22)17-9-7-15-5-4-13-2-1-3-14-6-8-16(17)19(15)18(13)14/h1-12H. The first-order valence-corrected chi connectivity index (χ1v) is 7.52. The van der Waals surface area contributed by atoms with Gasteiger partial charge in [0.05, 0.1) is 0 Å². The van der Waals surface area contributed by atoms with Gasteiger partial charge in [-0.2, -0.15) is 0 Å². The maximum absolute atomic E-state index is 12.8. The van der Waals surface area contributed by atoms with Crippen molar-refractivity contribution < 1.29 is 4.79 Å². The predicted octanol–water partition coefficient (Wildman–Crippen LogP) is 4.47. The molecule has 23 heavy (non-hydrogen) atoms. The van der Waals surface area contributed by atoms with Crippen LogP contribution in [0.2, 0.25) is 0 Å². The van der Waals surface area contributed by atoms with Crippen LogP contribution in [0.1, 0.15) is 10.4 Å². The normalized spacial score (nSPS) is 11.7. The van der Waals surface area contributed by atoms with E-state index in [0.717, 1.165) is 16.2 Å². The fraction of sp³-hybridized carbons (Fsp3) is 0. The van der Waals surface area contributed by atoms with E-state index in [-0.39, 0.29) is 5.91 Å². The first kappa shape index (κ1) is 12.4. The number of rotatable bonds is 1. The number of carbonyl (C=O) groups excluding carboxylic acids is 1. The average Bonchev–Trinajstić information content (AvgIpc) is 3.13. The summed E-state index contributed by atoms with van der Waals surface area (Å²) in [5.74, 6) is -0.0552. The number of aromatic nitrogens is 2. The molecule has 1 aromatic heterocycles. The van der Waals surface area contributed by atoms with Crippen molar-refractivity contribution in [3.05, 3.63) is 78.9 Å². The average molecular weight is 296 g/mol. The van der Waals surface area contributed by atoms with Gasteiger partial charge in [-0.25, -0.2) is 4.98 Å². The number of hydrogen-bond acceptors (Lipinski definition) is 2. The summed E-state index contributed by atoms with van der Waals surface area (Å²) >= 11 is 0. The van der Waals surface area contributed by atoms with Crippen LogP contribution in [-0.4, -0.2) is 15.5 Å². The van der Waals surface area contributed by atoms with E-state index >= 15 is 0 Å². The van der Waals surface area contributed by atoms with Gasteiger partial charge in [0.25, 0.3) is 5.91 Å². The molecule has 3 nitrogen and oxygen atoms in total. The second-order valence-corrected chi connectivity index (χ2v) is 5.74. The molecule has 0 saturated carbocycles. The molecule has 0 saturated heterocycles. The third-order valence-corrected chi connectivity index (χ3v) is 4.50. The van der Waals surface area contributed by atoms with Gasteiger partial charge in [0.1, 0.15) is 6.33 Å². The van der Waals surface area contributed by atoms with Crippen molar-refractivity contribution in [3.8, 4) is 0 Å². The second kappa shape index (κ2) is 4.40. The SMILES string of the molecule is O=C(c1ccc2ccc3cccc4ccc1c2c34)n1ccnc1. The highest BCUT2D eigenvalue weighted by Gasteiger charge is 2.15. The lowest BCUT2D eigenvalue weighted by atomic mass is 9.92. The molecule has 5 rings (SSSR count). The molecule has 108 valence electrons. The Morgan fingerprint density at radius 3 is 2.26 bits per heavy atom. The molecule has 0 fully saturated rings. The zero-order valence-electron chi connectivity index (χ0n) is 12.2. The number of imidazole rings is 1. The van der Waals surface area contributed by atoms with E-state index in [9.17, 15) is 4.79 Å². The van der Waals surface area contributed by atoms with Crippen molar-refractivity contribution in [2.24, 2.45) is 0 Å². The van der Waals surface area contributed by atoms with Crippen LogP contribution in [0, 0.1) is 0 Å². The summed E-state index contributed by atoms with van der Waals surface area (Å²) in [6.45, 7) is 0. The smallest absolute Gasteiger partial charge is 0.263 e. The summed E-state index contributed by atoms with van der Waals surface area (Å²) in [4.78, 5) is 16.7. The van der Waals surface area contributed by atoms with Gasteiger partial charge < -0.3 is 0 Å². The van der Waals surface area contributed by atoms with Crippen LogP contribution in [0.3, 0.4) is 0 Å². The molecule has 0 aliphatic carbocycles. The maximum atomic E-state index is 12.8. The Hall–Kier alpha value is -3.20. The summed E-state index contributed by atoms with van der Waals surface area (Å²) in [5, 5.41) is 6.94. The van der Waals surface area contributed by atoms with Crippen molar-refractivity contribution in [1.29, 1.82) is 0 Å². The maximum Gasteiger partial charge on any atom is 0.263 e. The lowest BCUT2D eigenvalue weighted by Crippen LogP contribution is -2.10. The third kappa shape index (κ3) is 1.64. The minimum absolute atomic E-state index is 0.0552. The van der Waals surface area contributed by atoms with Gasteiger partial charge in [0, 0.05) is 18.0 Å². The predicted molar refractivity (Wildman–Crippen MR) is 92.1 cm³/mol. The van der Waals surface area contributed by atoms with E-state index in [1.807, 2.05) is 18.2 Å². The van der Waals surface area contributed by atoms with E-state index in [2.05, 4.69) is 41.4 Å². The summed E-state index contributed by atoms with van der Waals surface area (Å²) in [5.41, 5.74) is 0.703. The molecule has 0 unspecified atom stereocenters. The van der Waals surface area contributed by atoms with Crippen molar-refractivity contribution in [1.82, 2.24) is 9.55 Å². The lowest BCUT2D eigenvalue weighted by Gasteiger charge is -2.13. The summed E-state index contributed by atoms with van der Waals surface area (Å²) in [6.07, 6.45) is 4.84. The largest absolute Gasteiger partial charge is 0.272 e. The van der Waals surface area contributed by atoms with Crippen LogP contribution in [0.25, 0.3) is 32.3 Å². The van der Waals surface area contributed by atoms with E-state index < -0.39 is 0 Å². The summed E-state index contributed by atoms with van der Waals surface area (Å²) in [6, 6.07) is 18.6. The van der Waals surface area contributed by atoms with Gasteiger partial charge in [-0.3, -0.25) is 9.36 Å². The van der Waals surface area contributed by atoms with Gasteiger partial charge in [-0.05, 0) is 38.4 Å². The second-order valence-electron chi connectivity index (χ2n) is 5.74. The van der Waals surface area contributed by atoms with Crippen molar-refractivity contribution >= 4 is 38.2 Å². The monoisotopic (exact) mass is 296 g/mol. The molecular formula is C20H12N2O. The summed E-state index contributed by atoms with van der Waals surface area (Å²) in [7, 11) is 0. The molecule has 1 heterocycles. The zero-order chi connectivity index (χ0) is 15.4. The fourth-order valence-corrected chi connectivity index (χ4v) is 3.44. The molecular weight excluding hydrogens is 284 g/mol. The Bertz CT molecular complexity index is 1160. The van der Waals surface area contributed by atoms with Crippen LogP contribution in [0.15, 0.2) is 73.3 Å². The molecule has 0 aliphatic rings. The van der Waals surface area contributed by atoms with Crippen LogP contribution < -0.4 is 0 Å². The molecule has 0 spiro atoms. The minimum atomic E-state index is -0.0552. The van der Waals surface area contributed by atoms with E-state index in [1.54, 1.807) is 18.7 Å². The molecule has 5 aromatic rings. The number of hydrogen-bond donors (Lipinski definition) is 0. The highest BCUT2D eigenvalue weighted by atomic mass is 16.2. The van der Waals surface area contributed by atoms with Crippen molar-refractivity contribution in [2.45, 2.75) is 0 Å². The van der Waals surface area contributed by atoms with E-state index in [1.165, 1.54) is 20.7 Å². The van der Waals surface area contributed by atoms with E-state index in [0.29, 0.717) is 5.56 Å². The molecule has 0 bridgehead atoms.